The Morgan fingerprint density at radius 2 is 1.44 bits per heavy atom. The summed E-state index contributed by atoms with van der Waals surface area (Å²) in [5.41, 5.74) is 3.17. The lowest BCUT2D eigenvalue weighted by atomic mass is 10.1. The lowest BCUT2D eigenvalue weighted by Crippen LogP contribution is -2.00. The first-order chi connectivity index (χ1) is 13.1. The number of ether oxygens (including phenoxy) is 2. The molecule has 0 fully saturated rings. The van der Waals surface area contributed by atoms with Crippen molar-refractivity contribution in [3.05, 3.63) is 75.2 Å². The standard InChI is InChI=1S/C21H21NO4S/c1-25-16-7-3-14(4-8-16)11-18-19(27-20(22-18)13-21(23)24)12-15-5-9-17(26-2)10-6-15/h3-10H,11-13H2,1-2H3,(H,23,24). The largest absolute Gasteiger partial charge is 0.497 e. The molecule has 3 rings (SSSR count). The third kappa shape index (κ3) is 5.08. The molecule has 2 aromatic carbocycles. The van der Waals surface area contributed by atoms with Crippen LogP contribution < -0.4 is 9.47 Å². The van der Waals surface area contributed by atoms with Gasteiger partial charge in [0.25, 0.3) is 0 Å². The van der Waals surface area contributed by atoms with Crippen molar-refractivity contribution in [2.45, 2.75) is 19.3 Å². The van der Waals surface area contributed by atoms with E-state index in [1.54, 1.807) is 14.2 Å². The molecule has 0 saturated heterocycles. The molecule has 0 bridgehead atoms. The number of hydrogen-bond donors (Lipinski definition) is 1. The average molecular weight is 383 g/mol. The molecule has 0 unspecified atom stereocenters. The minimum atomic E-state index is -0.865. The van der Waals surface area contributed by atoms with Gasteiger partial charge in [0.1, 0.15) is 16.5 Å². The molecule has 0 spiro atoms. The van der Waals surface area contributed by atoms with Crippen LogP contribution in [0.15, 0.2) is 48.5 Å². The van der Waals surface area contributed by atoms with Crippen LogP contribution in [0.3, 0.4) is 0 Å². The van der Waals surface area contributed by atoms with Gasteiger partial charge in [0.15, 0.2) is 0 Å². The van der Waals surface area contributed by atoms with Crippen molar-refractivity contribution >= 4 is 17.3 Å². The van der Waals surface area contributed by atoms with Crippen LogP contribution in [0.1, 0.15) is 26.7 Å². The van der Waals surface area contributed by atoms with E-state index in [4.69, 9.17) is 14.6 Å². The van der Waals surface area contributed by atoms with Crippen LogP contribution in [0.25, 0.3) is 0 Å². The van der Waals surface area contributed by atoms with E-state index in [0.29, 0.717) is 17.8 Å². The summed E-state index contributed by atoms with van der Waals surface area (Å²) < 4.78 is 10.4. The minimum Gasteiger partial charge on any atom is -0.497 e. The monoisotopic (exact) mass is 383 g/mol. The van der Waals surface area contributed by atoms with E-state index in [1.165, 1.54) is 11.3 Å². The lowest BCUT2D eigenvalue weighted by molar-refractivity contribution is -0.136. The zero-order valence-electron chi connectivity index (χ0n) is 15.3. The quantitative estimate of drug-likeness (QED) is 0.637. The van der Waals surface area contributed by atoms with Crippen LogP contribution in [-0.4, -0.2) is 30.3 Å². The Hall–Kier alpha value is -2.86. The molecule has 3 aromatic rings. The Kier molecular flexibility index (Phi) is 6.08. The number of methoxy groups -OCH3 is 2. The van der Waals surface area contributed by atoms with Crippen LogP contribution >= 0.6 is 11.3 Å². The Bertz CT molecular complexity index is 834. The van der Waals surface area contributed by atoms with Crippen LogP contribution in [-0.2, 0) is 24.1 Å². The fraction of sp³-hybridized carbons (Fsp3) is 0.238. The van der Waals surface area contributed by atoms with Crippen molar-refractivity contribution in [3.8, 4) is 11.5 Å². The molecule has 6 heteroatoms. The maximum absolute atomic E-state index is 11.1. The summed E-state index contributed by atoms with van der Waals surface area (Å²) in [5.74, 6) is 0.755. The maximum atomic E-state index is 11.1. The van der Waals surface area contributed by atoms with Gasteiger partial charge in [-0.25, -0.2) is 4.98 Å². The van der Waals surface area contributed by atoms with Crippen molar-refractivity contribution in [3.63, 3.8) is 0 Å². The smallest absolute Gasteiger partial charge is 0.310 e. The van der Waals surface area contributed by atoms with Gasteiger partial charge in [0, 0.05) is 17.7 Å². The van der Waals surface area contributed by atoms with Crippen molar-refractivity contribution in [2.24, 2.45) is 0 Å². The summed E-state index contributed by atoms with van der Waals surface area (Å²) in [5, 5.41) is 9.73. The highest BCUT2D eigenvalue weighted by molar-refractivity contribution is 7.11. The number of carbonyl (C=O) groups is 1. The van der Waals surface area contributed by atoms with E-state index >= 15 is 0 Å². The fourth-order valence-corrected chi connectivity index (χ4v) is 3.89. The number of aliphatic carboxylic acids is 1. The fourth-order valence-electron chi connectivity index (χ4n) is 2.78. The number of rotatable bonds is 8. The van der Waals surface area contributed by atoms with Gasteiger partial charge in [0.2, 0.25) is 0 Å². The Morgan fingerprint density at radius 1 is 0.926 bits per heavy atom. The van der Waals surface area contributed by atoms with Gasteiger partial charge in [-0.1, -0.05) is 24.3 Å². The van der Waals surface area contributed by atoms with Crippen LogP contribution in [0.2, 0.25) is 0 Å². The summed E-state index contributed by atoms with van der Waals surface area (Å²) in [6, 6.07) is 15.7. The second-order valence-corrected chi connectivity index (χ2v) is 7.27. The summed E-state index contributed by atoms with van der Waals surface area (Å²) in [7, 11) is 3.28. The molecule has 140 valence electrons. The van der Waals surface area contributed by atoms with Crippen LogP contribution in [0.4, 0.5) is 0 Å². The highest BCUT2D eigenvalue weighted by Crippen LogP contribution is 2.26. The maximum Gasteiger partial charge on any atom is 0.310 e. The number of carboxylic acid groups (broad SMARTS) is 1. The Morgan fingerprint density at radius 3 is 1.93 bits per heavy atom. The first-order valence-electron chi connectivity index (χ1n) is 8.52. The molecule has 0 aliphatic heterocycles. The average Bonchev–Trinajstić information content (AvgIpc) is 3.03. The second-order valence-electron chi connectivity index (χ2n) is 6.10. The first kappa shape index (κ1) is 18.9. The number of carboxylic acids is 1. The second kappa shape index (κ2) is 8.68. The number of nitrogens with zero attached hydrogens (tertiary/aromatic N) is 1. The number of hydrogen-bond acceptors (Lipinski definition) is 5. The van der Waals surface area contributed by atoms with Gasteiger partial charge in [0.05, 0.1) is 26.3 Å². The van der Waals surface area contributed by atoms with Gasteiger partial charge in [-0.2, -0.15) is 0 Å². The summed E-state index contributed by atoms with van der Waals surface area (Å²) in [4.78, 5) is 16.8. The molecule has 0 amide bonds. The molecule has 0 aliphatic rings. The van der Waals surface area contributed by atoms with Gasteiger partial charge in [-0.3, -0.25) is 4.79 Å². The minimum absolute atomic E-state index is 0.0527. The van der Waals surface area contributed by atoms with E-state index in [0.717, 1.165) is 33.2 Å². The molecule has 5 nitrogen and oxygen atoms in total. The predicted octanol–water partition coefficient (Wildman–Crippen LogP) is 3.97. The zero-order chi connectivity index (χ0) is 19.2. The molecular formula is C21H21NO4S. The van der Waals surface area contributed by atoms with Gasteiger partial charge in [-0.05, 0) is 35.4 Å². The van der Waals surface area contributed by atoms with E-state index in [1.807, 2.05) is 48.5 Å². The molecule has 0 aliphatic carbocycles. The van der Waals surface area contributed by atoms with E-state index < -0.39 is 5.97 Å². The Labute approximate surface area is 162 Å². The van der Waals surface area contributed by atoms with E-state index in [2.05, 4.69) is 4.98 Å². The molecule has 1 heterocycles. The molecular weight excluding hydrogens is 362 g/mol. The van der Waals surface area contributed by atoms with Gasteiger partial charge in [-0.15, -0.1) is 11.3 Å². The topological polar surface area (TPSA) is 68.7 Å². The van der Waals surface area contributed by atoms with Crippen molar-refractivity contribution in [1.29, 1.82) is 0 Å². The normalized spacial score (nSPS) is 10.6. The lowest BCUT2D eigenvalue weighted by Gasteiger charge is -2.06. The summed E-state index contributed by atoms with van der Waals surface area (Å²) in [6.45, 7) is 0. The molecule has 1 aromatic heterocycles. The predicted molar refractivity (Wildman–Crippen MR) is 105 cm³/mol. The van der Waals surface area contributed by atoms with Crippen LogP contribution in [0.5, 0.6) is 11.5 Å². The summed E-state index contributed by atoms with van der Waals surface area (Å²) >= 11 is 1.47. The summed E-state index contributed by atoms with van der Waals surface area (Å²) in [6.07, 6.45) is 1.32. The highest BCUT2D eigenvalue weighted by atomic mass is 32.1. The number of thiazole rings is 1. The van der Waals surface area contributed by atoms with Crippen molar-refractivity contribution in [2.75, 3.05) is 14.2 Å². The van der Waals surface area contributed by atoms with Crippen molar-refractivity contribution in [1.82, 2.24) is 4.98 Å². The van der Waals surface area contributed by atoms with Crippen LogP contribution in [0, 0.1) is 0 Å². The third-order valence-corrected chi connectivity index (χ3v) is 5.28. The molecule has 0 atom stereocenters. The first-order valence-corrected chi connectivity index (χ1v) is 9.34. The van der Waals surface area contributed by atoms with Crippen molar-refractivity contribution < 1.29 is 19.4 Å². The van der Waals surface area contributed by atoms with Gasteiger partial charge >= 0.3 is 5.97 Å². The van der Waals surface area contributed by atoms with Gasteiger partial charge < -0.3 is 14.6 Å². The number of aromatic nitrogens is 1. The van der Waals surface area contributed by atoms with E-state index in [9.17, 15) is 4.79 Å². The SMILES string of the molecule is COc1ccc(Cc2nc(CC(=O)O)sc2Cc2ccc(OC)cc2)cc1. The molecule has 0 radical (unpaired) electrons. The molecule has 27 heavy (non-hydrogen) atoms. The molecule has 1 N–H and O–H groups in total. The number of benzene rings is 2. The third-order valence-electron chi connectivity index (χ3n) is 4.18. The Balaban J connectivity index is 1.85. The van der Waals surface area contributed by atoms with E-state index in [-0.39, 0.29) is 6.42 Å². The molecule has 0 saturated carbocycles. The zero-order valence-corrected chi connectivity index (χ0v) is 16.1. The highest BCUT2D eigenvalue weighted by Gasteiger charge is 2.15.